The molecule has 0 radical (unpaired) electrons. The summed E-state index contributed by atoms with van der Waals surface area (Å²) in [5.74, 6) is -2.00. The van der Waals surface area contributed by atoms with Crippen LogP contribution < -0.4 is 21.3 Å². The number of nitrogens with one attached hydrogen (secondary N) is 4. The van der Waals surface area contributed by atoms with E-state index in [4.69, 9.17) is 0 Å². The Morgan fingerprint density at radius 2 is 1.49 bits per heavy atom. The molecule has 0 bridgehead atoms. The molecule has 2 rings (SSSR count). The highest BCUT2D eigenvalue weighted by atomic mass is 16.3. The summed E-state index contributed by atoms with van der Waals surface area (Å²) in [5.41, 5.74) is 1.58. The number of benzene rings is 2. The zero-order valence-electron chi connectivity index (χ0n) is 19.6. The monoisotopic (exact) mass is 482 g/mol. The lowest BCUT2D eigenvalue weighted by Crippen LogP contribution is -2.53. The Balaban J connectivity index is 1.83. The maximum atomic E-state index is 12.5. The van der Waals surface area contributed by atoms with Crippen LogP contribution in [0.2, 0.25) is 0 Å². The van der Waals surface area contributed by atoms with Gasteiger partial charge in [-0.25, -0.2) is 0 Å². The maximum Gasteiger partial charge on any atom is 0.243 e. The quantitative estimate of drug-likeness (QED) is 0.268. The van der Waals surface area contributed by atoms with E-state index < -0.39 is 42.4 Å². The molecule has 186 valence electrons. The van der Waals surface area contributed by atoms with Gasteiger partial charge in [-0.2, -0.15) is 0 Å². The zero-order valence-corrected chi connectivity index (χ0v) is 19.6. The lowest BCUT2D eigenvalue weighted by atomic mass is 10.1. The third-order valence-electron chi connectivity index (χ3n) is 5.05. The third-order valence-corrected chi connectivity index (χ3v) is 5.05. The van der Waals surface area contributed by atoms with Gasteiger partial charge in [-0.05, 0) is 36.6 Å². The standard InChI is InChI=1S/C25H30N4O6/c1-16(24(34)29-20(15-30)12-19-8-10-21(32)11-9-19)27-23(33)14-26-25(35)22(28-17(2)31)13-18-6-4-3-5-7-18/h3-11,15-16,20,22,32H,12-14H2,1-2H3,(H,26,35)(H,27,33)(H,28,31)(H,29,34)/t16-,20-,22-/m0/s1. The Bertz CT molecular complexity index is 1030. The smallest absolute Gasteiger partial charge is 0.243 e. The van der Waals surface area contributed by atoms with Gasteiger partial charge in [0.05, 0.1) is 12.6 Å². The van der Waals surface area contributed by atoms with Crippen LogP contribution in [0.5, 0.6) is 5.75 Å². The van der Waals surface area contributed by atoms with Crippen molar-refractivity contribution in [3.63, 3.8) is 0 Å². The van der Waals surface area contributed by atoms with Crippen molar-refractivity contribution in [1.29, 1.82) is 0 Å². The summed E-state index contributed by atoms with van der Waals surface area (Å²) in [6, 6.07) is 12.7. The predicted octanol–water partition coefficient (Wildman–Crippen LogP) is -0.0133. The van der Waals surface area contributed by atoms with E-state index in [2.05, 4.69) is 21.3 Å². The highest BCUT2D eigenvalue weighted by molar-refractivity contribution is 5.92. The average molecular weight is 483 g/mol. The van der Waals surface area contributed by atoms with Gasteiger partial charge in [0, 0.05) is 13.3 Å². The van der Waals surface area contributed by atoms with Gasteiger partial charge in [-0.1, -0.05) is 42.5 Å². The second-order valence-electron chi connectivity index (χ2n) is 8.07. The summed E-state index contributed by atoms with van der Waals surface area (Å²) in [4.78, 5) is 60.1. The third kappa shape index (κ3) is 9.66. The van der Waals surface area contributed by atoms with Crippen LogP contribution in [0.1, 0.15) is 25.0 Å². The average Bonchev–Trinajstić information content (AvgIpc) is 2.83. The molecule has 0 fully saturated rings. The molecule has 0 saturated carbocycles. The maximum absolute atomic E-state index is 12.5. The van der Waals surface area contributed by atoms with Gasteiger partial charge >= 0.3 is 0 Å². The minimum absolute atomic E-state index is 0.0901. The second-order valence-corrected chi connectivity index (χ2v) is 8.07. The Morgan fingerprint density at radius 3 is 2.09 bits per heavy atom. The minimum atomic E-state index is -0.961. The van der Waals surface area contributed by atoms with E-state index >= 15 is 0 Å². The topological polar surface area (TPSA) is 154 Å². The number of aldehydes is 1. The van der Waals surface area contributed by atoms with Crippen LogP contribution in [0, 0.1) is 0 Å². The number of phenols is 1. The zero-order chi connectivity index (χ0) is 25.8. The van der Waals surface area contributed by atoms with E-state index in [1.54, 1.807) is 12.1 Å². The lowest BCUT2D eigenvalue weighted by Gasteiger charge is -2.19. The molecule has 10 nitrogen and oxygen atoms in total. The van der Waals surface area contributed by atoms with Crippen molar-refractivity contribution in [3.8, 4) is 5.75 Å². The molecule has 0 unspecified atom stereocenters. The number of hydrogen-bond donors (Lipinski definition) is 5. The molecule has 10 heteroatoms. The number of amides is 4. The predicted molar refractivity (Wildman–Crippen MR) is 128 cm³/mol. The first-order valence-electron chi connectivity index (χ1n) is 11.1. The van der Waals surface area contributed by atoms with Crippen LogP contribution in [0.4, 0.5) is 0 Å². The fourth-order valence-corrected chi connectivity index (χ4v) is 3.28. The summed E-state index contributed by atoms with van der Waals surface area (Å²) in [5, 5.41) is 19.4. The van der Waals surface area contributed by atoms with Crippen LogP contribution in [-0.2, 0) is 36.8 Å². The van der Waals surface area contributed by atoms with E-state index in [-0.39, 0.29) is 24.5 Å². The van der Waals surface area contributed by atoms with Crippen LogP contribution in [0.15, 0.2) is 54.6 Å². The first-order chi connectivity index (χ1) is 16.7. The summed E-state index contributed by atoms with van der Waals surface area (Å²) in [6.45, 7) is 2.35. The van der Waals surface area contributed by atoms with E-state index in [1.807, 2.05) is 30.3 Å². The Kier molecular flexibility index (Phi) is 10.4. The lowest BCUT2D eigenvalue weighted by molar-refractivity contribution is -0.131. The van der Waals surface area contributed by atoms with Crippen molar-refractivity contribution < 1.29 is 29.1 Å². The van der Waals surface area contributed by atoms with Crippen LogP contribution in [-0.4, -0.2) is 59.7 Å². The van der Waals surface area contributed by atoms with Gasteiger partial charge in [0.25, 0.3) is 0 Å². The second kappa shape index (κ2) is 13.5. The number of carbonyl (C=O) groups is 5. The Morgan fingerprint density at radius 1 is 0.857 bits per heavy atom. The molecular weight excluding hydrogens is 452 g/mol. The molecule has 3 atom stereocenters. The van der Waals surface area contributed by atoms with E-state index in [1.165, 1.54) is 26.0 Å². The molecule has 2 aromatic rings. The molecule has 0 aliphatic heterocycles. The Hall–Kier alpha value is -4.21. The summed E-state index contributed by atoms with van der Waals surface area (Å²) in [7, 11) is 0. The SMILES string of the molecule is CC(=O)N[C@@H](Cc1ccccc1)C(=O)NCC(=O)N[C@@H](C)C(=O)N[C@H](C=O)Cc1ccc(O)cc1. The minimum Gasteiger partial charge on any atom is -0.508 e. The van der Waals surface area contributed by atoms with Gasteiger partial charge in [0.1, 0.15) is 24.1 Å². The molecule has 2 aromatic carbocycles. The molecule has 0 heterocycles. The highest BCUT2D eigenvalue weighted by Gasteiger charge is 2.22. The number of rotatable bonds is 12. The molecule has 0 spiro atoms. The molecule has 0 saturated heterocycles. The van der Waals surface area contributed by atoms with Crippen LogP contribution in [0.3, 0.4) is 0 Å². The molecule has 0 aliphatic rings. The van der Waals surface area contributed by atoms with Gasteiger partial charge in [0.2, 0.25) is 23.6 Å². The number of hydrogen-bond acceptors (Lipinski definition) is 6. The summed E-state index contributed by atoms with van der Waals surface area (Å²) in [6.07, 6.45) is 1.06. The fraction of sp³-hybridized carbons (Fsp3) is 0.320. The first kappa shape index (κ1) is 27.0. The van der Waals surface area contributed by atoms with Gasteiger partial charge in [-0.3, -0.25) is 19.2 Å². The van der Waals surface area contributed by atoms with Crippen molar-refractivity contribution in [2.75, 3.05) is 6.54 Å². The van der Waals surface area contributed by atoms with Gasteiger partial charge in [-0.15, -0.1) is 0 Å². The molecule has 4 amide bonds. The van der Waals surface area contributed by atoms with Crippen molar-refractivity contribution in [2.45, 2.75) is 44.8 Å². The molecule has 0 aromatic heterocycles. The van der Waals surface area contributed by atoms with Crippen molar-refractivity contribution in [3.05, 3.63) is 65.7 Å². The Labute approximate surface area is 203 Å². The first-order valence-corrected chi connectivity index (χ1v) is 11.1. The van der Waals surface area contributed by atoms with E-state index in [9.17, 15) is 29.1 Å². The fourth-order valence-electron chi connectivity index (χ4n) is 3.28. The molecular formula is C25H30N4O6. The van der Waals surface area contributed by atoms with Crippen molar-refractivity contribution in [2.24, 2.45) is 0 Å². The summed E-state index contributed by atoms with van der Waals surface area (Å²) >= 11 is 0. The van der Waals surface area contributed by atoms with E-state index in [0.29, 0.717) is 6.29 Å². The number of carbonyl (C=O) groups excluding carboxylic acids is 5. The van der Waals surface area contributed by atoms with Crippen LogP contribution >= 0.6 is 0 Å². The molecule has 35 heavy (non-hydrogen) atoms. The normalized spacial score (nSPS) is 13.0. The molecule has 0 aliphatic carbocycles. The van der Waals surface area contributed by atoms with Crippen molar-refractivity contribution in [1.82, 2.24) is 21.3 Å². The highest BCUT2D eigenvalue weighted by Crippen LogP contribution is 2.11. The number of aromatic hydroxyl groups is 1. The van der Waals surface area contributed by atoms with Gasteiger partial charge in [0.15, 0.2) is 0 Å². The summed E-state index contributed by atoms with van der Waals surface area (Å²) < 4.78 is 0. The van der Waals surface area contributed by atoms with Crippen LogP contribution in [0.25, 0.3) is 0 Å². The van der Waals surface area contributed by atoms with Gasteiger partial charge < -0.3 is 31.2 Å². The van der Waals surface area contributed by atoms with E-state index in [0.717, 1.165) is 11.1 Å². The van der Waals surface area contributed by atoms with Crippen molar-refractivity contribution >= 4 is 29.9 Å². The largest absolute Gasteiger partial charge is 0.508 e. The molecule has 5 N–H and O–H groups in total. The number of phenolic OH excluding ortho intramolecular Hbond substituents is 1.